The van der Waals surface area contributed by atoms with E-state index in [1.54, 1.807) is 0 Å². The molecule has 0 saturated carbocycles. The number of amides is 2. The second-order valence-electron chi connectivity index (χ2n) is 5.73. The van der Waals surface area contributed by atoms with Crippen LogP contribution >= 0.6 is 0 Å². The van der Waals surface area contributed by atoms with E-state index in [1.807, 2.05) is 54.6 Å². The highest BCUT2D eigenvalue weighted by molar-refractivity contribution is 5.97. The van der Waals surface area contributed by atoms with E-state index in [0.29, 0.717) is 5.69 Å². The SMILES string of the molecule is O=C1CC(NC(=O)c2cnnn2-c2ccccc2)c2ccccc2N1. The summed E-state index contributed by atoms with van der Waals surface area (Å²) in [6.07, 6.45) is 1.60. The Bertz CT molecular complexity index is 935. The number of benzene rings is 2. The quantitative estimate of drug-likeness (QED) is 0.768. The van der Waals surface area contributed by atoms with Crippen LogP contribution in [0.25, 0.3) is 5.69 Å². The number of anilines is 1. The average Bonchev–Trinajstić information content (AvgIpc) is 3.12. The summed E-state index contributed by atoms with van der Waals surface area (Å²) in [5.74, 6) is -0.456. The van der Waals surface area contributed by atoms with Gasteiger partial charge in [-0.05, 0) is 23.8 Å². The molecule has 1 unspecified atom stereocenters. The van der Waals surface area contributed by atoms with Crippen LogP contribution in [0, 0.1) is 0 Å². The molecule has 7 heteroatoms. The maximum atomic E-state index is 12.7. The van der Waals surface area contributed by atoms with E-state index in [9.17, 15) is 9.59 Å². The topological polar surface area (TPSA) is 88.9 Å². The highest BCUT2D eigenvalue weighted by Crippen LogP contribution is 2.30. The maximum absolute atomic E-state index is 12.7. The van der Waals surface area contributed by atoms with Crippen molar-refractivity contribution < 1.29 is 9.59 Å². The molecular weight excluding hydrogens is 318 g/mol. The molecule has 1 atom stereocenters. The highest BCUT2D eigenvalue weighted by atomic mass is 16.2. The summed E-state index contributed by atoms with van der Waals surface area (Å²) < 4.78 is 1.48. The number of para-hydroxylation sites is 2. The fraction of sp³-hybridized carbons (Fsp3) is 0.111. The molecule has 2 N–H and O–H groups in total. The molecule has 3 aromatic rings. The lowest BCUT2D eigenvalue weighted by atomic mass is 9.97. The fourth-order valence-electron chi connectivity index (χ4n) is 2.92. The summed E-state index contributed by atoms with van der Waals surface area (Å²) in [4.78, 5) is 24.6. The zero-order valence-electron chi connectivity index (χ0n) is 13.2. The van der Waals surface area contributed by atoms with Gasteiger partial charge in [-0.3, -0.25) is 9.59 Å². The predicted octanol–water partition coefficient (Wildman–Crippen LogP) is 2.08. The molecule has 2 heterocycles. The number of carbonyl (C=O) groups is 2. The third kappa shape index (κ3) is 2.87. The van der Waals surface area contributed by atoms with Gasteiger partial charge in [-0.1, -0.05) is 41.6 Å². The van der Waals surface area contributed by atoms with Gasteiger partial charge in [0.2, 0.25) is 5.91 Å². The molecule has 0 saturated heterocycles. The molecule has 1 aromatic heterocycles. The summed E-state index contributed by atoms with van der Waals surface area (Å²) in [5.41, 5.74) is 2.66. The van der Waals surface area contributed by atoms with Gasteiger partial charge in [0, 0.05) is 5.69 Å². The van der Waals surface area contributed by atoms with Gasteiger partial charge in [-0.15, -0.1) is 5.10 Å². The molecular formula is C18H15N5O2. The smallest absolute Gasteiger partial charge is 0.272 e. The molecule has 2 amide bonds. The van der Waals surface area contributed by atoms with Crippen molar-refractivity contribution >= 4 is 17.5 Å². The minimum absolute atomic E-state index is 0.126. The molecule has 0 aliphatic carbocycles. The Kier molecular flexibility index (Phi) is 3.74. The highest BCUT2D eigenvalue weighted by Gasteiger charge is 2.27. The van der Waals surface area contributed by atoms with Crippen LogP contribution in [-0.4, -0.2) is 26.8 Å². The van der Waals surface area contributed by atoms with Crippen LogP contribution in [0.1, 0.15) is 28.5 Å². The van der Waals surface area contributed by atoms with Crippen LogP contribution in [0.3, 0.4) is 0 Å². The van der Waals surface area contributed by atoms with Crippen molar-refractivity contribution in [1.29, 1.82) is 0 Å². The first-order valence-electron chi connectivity index (χ1n) is 7.88. The standard InChI is InChI=1S/C18H15N5O2/c24-17-10-15(13-8-4-5-9-14(13)20-17)21-18(25)16-11-19-22-23(16)12-6-2-1-3-7-12/h1-9,11,15H,10H2,(H,20,24)(H,21,25). The summed E-state index contributed by atoms with van der Waals surface area (Å²) in [5, 5.41) is 13.6. The van der Waals surface area contributed by atoms with Gasteiger partial charge in [0.25, 0.3) is 5.91 Å². The number of fused-ring (bicyclic) bond motifs is 1. The first-order chi connectivity index (χ1) is 12.2. The van der Waals surface area contributed by atoms with Gasteiger partial charge in [-0.2, -0.15) is 0 Å². The normalized spacial score (nSPS) is 16.0. The summed E-state index contributed by atoms with van der Waals surface area (Å²) >= 11 is 0. The van der Waals surface area contributed by atoms with Gasteiger partial charge >= 0.3 is 0 Å². The molecule has 0 radical (unpaired) electrons. The van der Waals surface area contributed by atoms with Crippen LogP contribution in [0.5, 0.6) is 0 Å². The molecule has 7 nitrogen and oxygen atoms in total. The lowest BCUT2D eigenvalue weighted by molar-refractivity contribution is -0.116. The molecule has 0 bridgehead atoms. The fourth-order valence-corrected chi connectivity index (χ4v) is 2.92. The molecule has 4 rings (SSSR count). The molecule has 2 aromatic carbocycles. The molecule has 124 valence electrons. The van der Waals surface area contributed by atoms with E-state index in [0.717, 1.165) is 16.9 Å². The monoisotopic (exact) mass is 333 g/mol. The van der Waals surface area contributed by atoms with Crippen LogP contribution in [0.2, 0.25) is 0 Å². The predicted molar refractivity (Wildman–Crippen MR) is 91.3 cm³/mol. The van der Waals surface area contributed by atoms with Crippen molar-refractivity contribution in [2.24, 2.45) is 0 Å². The molecule has 0 fully saturated rings. The van der Waals surface area contributed by atoms with E-state index >= 15 is 0 Å². The van der Waals surface area contributed by atoms with Gasteiger partial charge in [0.1, 0.15) is 0 Å². The number of carbonyl (C=O) groups excluding carboxylic acids is 2. The minimum Gasteiger partial charge on any atom is -0.343 e. The van der Waals surface area contributed by atoms with E-state index in [4.69, 9.17) is 0 Å². The zero-order chi connectivity index (χ0) is 17.2. The summed E-state index contributed by atoms with van der Waals surface area (Å²) in [6, 6.07) is 16.3. The number of hydrogen-bond acceptors (Lipinski definition) is 4. The van der Waals surface area contributed by atoms with Crippen molar-refractivity contribution in [3.63, 3.8) is 0 Å². The molecule has 1 aliphatic heterocycles. The Morgan fingerprint density at radius 3 is 2.72 bits per heavy atom. The second kappa shape index (κ2) is 6.20. The van der Waals surface area contributed by atoms with Crippen molar-refractivity contribution in [3.8, 4) is 5.69 Å². The van der Waals surface area contributed by atoms with Crippen molar-refractivity contribution in [1.82, 2.24) is 20.3 Å². The molecule has 25 heavy (non-hydrogen) atoms. The van der Waals surface area contributed by atoms with Crippen LogP contribution in [-0.2, 0) is 4.79 Å². The average molecular weight is 333 g/mol. The van der Waals surface area contributed by atoms with Crippen LogP contribution in [0.15, 0.2) is 60.8 Å². The Morgan fingerprint density at radius 2 is 1.88 bits per heavy atom. The number of hydrogen-bond donors (Lipinski definition) is 2. The van der Waals surface area contributed by atoms with E-state index in [2.05, 4.69) is 20.9 Å². The third-order valence-corrected chi connectivity index (χ3v) is 4.09. The summed E-state index contributed by atoms with van der Waals surface area (Å²) in [6.45, 7) is 0. The van der Waals surface area contributed by atoms with E-state index in [-0.39, 0.29) is 18.2 Å². The van der Waals surface area contributed by atoms with Crippen molar-refractivity contribution in [3.05, 3.63) is 72.1 Å². The maximum Gasteiger partial charge on any atom is 0.272 e. The Hall–Kier alpha value is -3.48. The number of nitrogens with one attached hydrogen (secondary N) is 2. The minimum atomic E-state index is -0.392. The second-order valence-corrected chi connectivity index (χ2v) is 5.73. The van der Waals surface area contributed by atoms with E-state index in [1.165, 1.54) is 10.9 Å². The van der Waals surface area contributed by atoms with Gasteiger partial charge < -0.3 is 10.6 Å². The number of rotatable bonds is 3. The Labute approximate surface area is 143 Å². The first kappa shape index (κ1) is 15.1. The van der Waals surface area contributed by atoms with E-state index < -0.39 is 6.04 Å². The summed E-state index contributed by atoms with van der Waals surface area (Å²) in [7, 11) is 0. The molecule has 1 aliphatic rings. The zero-order valence-corrected chi connectivity index (χ0v) is 13.2. The lowest BCUT2D eigenvalue weighted by Crippen LogP contribution is -2.36. The number of aromatic nitrogens is 3. The lowest BCUT2D eigenvalue weighted by Gasteiger charge is -2.26. The molecule has 0 spiro atoms. The van der Waals surface area contributed by atoms with Gasteiger partial charge in [-0.25, -0.2) is 4.68 Å². The van der Waals surface area contributed by atoms with Crippen LogP contribution < -0.4 is 10.6 Å². The largest absolute Gasteiger partial charge is 0.343 e. The van der Waals surface area contributed by atoms with Crippen LogP contribution in [0.4, 0.5) is 5.69 Å². The third-order valence-electron chi connectivity index (χ3n) is 4.09. The Morgan fingerprint density at radius 1 is 1.12 bits per heavy atom. The van der Waals surface area contributed by atoms with Gasteiger partial charge in [0.15, 0.2) is 5.69 Å². The number of nitrogens with zero attached hydrogens (tertiary/aromatic N) is 3. The first-order valence-corrected chi connectivity index (χ1v) is 7.88. The Balaban J connectivity index is 1.62. The van der Waals surface area contributed by atoms with Gasteiger partial charge in [0.05, 0.1) is 24.3 Å². The van der Waals surface area contributed by atoms with Crippen molar-refractivity contribution in [2.75, 3.05) is 5.32 Å². The van der Waals surface area contributed by atoms with Crippen molar-refractivity contribution in [2.45, 2.75) is 12.5 Å².